The molecular formula is C22H24N2O2S. The SMILES string of the molecule is Cc1cc(-c2ccc(NC(C)C)cc2)c(C)cc1/C=C1\SC(=O)N(C)C1=O. The van der Waals surface area contributed by atoms with Gasteiger partial charge in [-0.2, -0.15) is 0 Å². The highest BCUT2D eigenvalue weighted by molar-refractivity contribution is 8.18. The summed E-state index contributed by atoms with van der Waals surface area (Å²) in [5.41, 5.74) is 6.60. The van der Waals surface area contributed by atoms with Gasteiger partial charge in [0.2, 0.25) is 0 Å². The highest BCUT2D eigenvalue weighted by Gasteiger charge is 2.31. The van der Waals surface area contributed by atoms with Crippen molar-refractivity contribution in [2.45, 2.75) is 33.7 Å². The Balaban J connectivity index is 1.92. The molecule has 1 N–H and O–H groups in total. The minimum Gasteiger partial charge on any atom is -0.383 e. The van der Waals surface area contributed by atoms with Crippen LogP contribution in [0, 0.1) is 13.8 Å². The van der Waals surface area contributed by atoms with Gasteiger partial charge in [0, 0.05) is 18.8 Å². The van der Waals surface area contributed by atoms with Crippen LogP contribution in [0.3, 0.4) is 0 Å². The van der Waals surface area contributed by atoms with Crippen molar-refractivity contribution in [3.63, 3.8) is 0 Å². The molecule has 1 fully saturated rings. The summed E-state index contributed by atoms with van der Waals surface area (Å²) in [4.78, 5) is 25.4. The van der Waals surface area contributed by atoms with Gasteiger partial charge in [-0.05, 0) is 85.5 Å². The monoisotopic (exact) mass is 380 g/mol. The molecule has 2 amide bonds. The largest absolute Gasteiger partial charge is 0.383 e. The molecule has 0 atom stereocenters. The molecule has 1 aliphatic rings. The third-order valence-corrected chi connectivity index (χ3v) is 5.50. The summed E-state index contributed by atoms with van der Waals surface area (Å²) in [7, 11) is 1.51. The van der Waals surface area contributed by atoms with E-state index in [4.69, 9.17) is 0 Å². The lowest BCUT2D eigenvalue weighted by Crippen LogP contribution is -2.22. The normalized spacial score (nSPS) is 15.9. The van der Waals surface area contributed by atoms with Gasteiger partial charge in [-0.3, -0.25) is 14.5 Å². The lowest BCUT2D eigenvalue weighted by molar-refractivity contribution is -0.121. The fourth-order valence-corrected chi connectivity index (χ4v) is 3.89. The Kier molecular flexibility index (Phi) is 5.42. The van der Waals surface area contributed by atoms with E-state index in [2.05, 4.69) is 62.5 Å². The fourth-order valence-electron chi connectivity index (χ4n) is 3.07. The molecule has 1 heterocycles. The van der Waals surface area contributed by atoms with Crippen LogP contribution >= 0.6 is 11.8 Å². The van der Waals surface area contributed by atoms with Crippen molar-refractivity contribution >= 4 is 34.7 Å². The first-order valence-electron chi connectivity index (χ1n) is 8.96. The lowest BCUT2D eigenvalue weighted by atomic mass is 9.94. The minimum atomic E-state index is -0.237. The van der Waals surface area contributed by atoms with Gasteiger partial charge in [0.05, 0.1) is 4.91 Å². The molecule has 140 valence electrons. The summed E-state index contributed by atoms with van der Waals surface area (Å²) in [6, 6.07) is 13.0. The maximum atomic E-state index is 12.1. The number of benzene rings is 2. The molecule has 27 heavy (non-hydrogen) atoms. The van der Waals surface area contributed by atoms with Crippen molar-refractivity contribution in [3.8, 4) is 11.1 Å². The Labute approximate surface area is 164 Å². The van der Waals surface area contributed by atoms with E-state index in [1.165, 1.54) is 12.6 Å². The summed E-state index contributed by atoms with van der Waals surface area (Å²) < 4.78 is 0. The van der Waals surface area contributed by atoms with Crippen molar-refractivity contribution in [2.24, 2.45) is 0 Å². The van der Waals surface area contributed by atoms with E-state index in [1.807, 2.05) is 13.0 Å². The Morgan fingerprint density at radius 1 is 1.04 bits per heavy atom. The molecule has 1 saturated heterocycles. The molecule has 0 aliphatic carbocycles. The van der Waals surface area contributed by atoms with Crippen molar-refractivity contribution < 1.29 is 9.59 Å². The second-order valence-electron chi connectivity index (χ2n) is 7.14. The van der Waals surface area contributed by atoms with Gasteiger partial charge in [-0.1, -0.05) is 24.3 Å². The Hall–Kier alpha value is -2.53. The molecule has 0 aromatic heterocycles. The second-order valence-corrected chi connectivity index (χ2v) is 8.13. The van der Waals surface area contributed by atoms with Crippen LogP contribution in [0.5, 0.6) is 0 Å². The average Bonchev–Trinajstić information content (AvgIpc) is 2.85. The van der Waals surface area contributed by atoms with Crippen LogP contribution in [0.1, 0.15) is 30.5 Å². The van der Waals surface area contributed by atoms with E-state index in [-0.39, 0.29) is 11.1 Å². The zero-order valence-corrected chi connectivity index (χ0v) is 17.1. The molecule has 0 radical (unpaired) electrons. The van der Waals surface area contributed by atoms with Crippen LogP contribution in [0.15, 0.2) is 41.3 Å². The number of hydrogen-bond acceptors (Lipinski definition) is 4. The number of hydrogen-bond donors (Lipinski definition) is 1. The van der Waals surface area contributed by atoms with Crippen LogP contribution in [0.4, 0.5) is 10.5 Å². The molecule has 0 spiro atoms. The number of aryl methyl sites for hydroxylation is 2. The van der Waals surface area contributed by atoms with E-state index in [9.17, 15) is 9.59 Å². The molecule has 0 saturated carbocycles. The molecule has 2 aromatic carbocycles. The number of imide groups is 1. The predicted octanol–water partition coefficient (Wildman–Crippen LogP) is 5.46. The molecule has 4 nitrogen and oxygen atoms in total. The van der Waals surface area contributed by atoms with E-state index in [1.54, 1.807) is 0 Å². The maximum Gasteiger partial charge on any atom is 0.293 e. The molecule has 0 bridgehead atoms. The summed E-state index contributed by atoms with van der Waals surface area (Å²) in [6.07, 6.45) is 1.82. The van der Waals surface area contributed by atoms with Crippen LogP contribution in [0.2, 0.25) is 0 Å². The summed E-state index contributed by atoms with van der Waals surface area (Å²) in [5, 5.41) is 3.17. The Morgan fingerprint density at radius 2 is 1.70 bits per heavy atom. The van der Waals surface area contributed by atoms with Crippen molar-refractivity contribution in [3.05, 3.63) is 58.0 Å². The van der Waals surface area contributed by atoms with Gasteiger partial charge in [-0.25, -0.2) is 0 Å². The number of anilines is 1. The Bertz CT molecular complexity index is 930. The minimum absolute atomic E-state index is 0.229. The molecule has 5 heteroatoms. The first kappa shape index (κ1) is 19.2. The van der Waals surface area contributed by atoms with Crippen LogP contribution in [-0.2, 0) is 4.79 Å². The highest BCUT2D eigenvalue weighted by atomic mass is 32.2. The fraction of sp³-hybridized carbons (Fsp3) is 0.273. The van der Waals surface area contributed by atoms with E-state index < -0.39 is 0 Å². The van der Waals surface area contributed by atoms with E-state index >= 15 is 0 Å². The number of nitrogens with one attached hydrogen (secondary N) is 1. The molecule has 2 aromatic rings. The number of amides is 2. The number of carbonyl (C=O) groups excluding carboxylic acids is 2. The van der Waals surface area contributed by atoms with Crippen LogP contribution in [0.25, 0.3) is 17.2 Å². The predicted molar refractivity (Wildman–Crippen MR) is 114 cm³/mol. The number of likely N-dealkylation sites (N-methyl/N-ethyl adjacent to an activating group) is 1. The van der Waals surface area contributed by atoms with E-state index in [0.717, 1.165) is 44.6 Å². The van der Waals surface area contributed by atoms with Crippen molar-refractivity contribution in [1.82, 2.24) is 4.90 Å². The topological polar surface area (TPSA) is 49.4 Å². The third-order valence-electron chi connectivity index (χ3n) is 4.54. The number of thioether (sulfide) groups is 1. The summed E-state index contributed by atoms with van der Waals surface area (Å²) >= 11 is 0.990. The highest BCUT2D eigenvalue weighted by Crippen LogP contribution is 2.33. The third kappa shape index (κ3) is 4.08. The number of nitrogens with zero attached hydrogens (tertiary/aromatic N) is 1. The van der Waals surface area contributed by atoms with Crippen molar-refractivity contribution in [1.29, 1.82) is 0 Å². The quantitative estimate of drug-likeness (QED) is 0.716. The van der Waals surface area contributed by atoms with Gasteiger partial charge in [0.1, 0.15) is 0 Å². The standard InChI is InChI=1S/C22H24N2O2S/c1-13(2)23-18-8-6-16(7-9-18)19-11-14(3)17(10-15(19)4)12-20-21(25)24(5)22(26)27-20/h6-13,23H,1-5H3/b20-12-. The summed E-state index contributed by atoms with van der Waals surface area (Å²) in [6.45, 7) is 8.33. The van der Waals surface area contributed by atoms with Crippen LogP contribution in [-0.4, -0.2) is 29.1 Å². The van der Waals surface area contributed by atoms with Crippen LogP contribution < -0.4 is 5.32 Å². The molecule has 1 aliphatic heterocycles. The van der Waals surface area contributed by atoms with Gasteiger partial charge in [0.15, 0.2) is 0 Å². The van der Waals surface area contributed by atoms with Gasteiger partial charge < -0.3 is 5.32 Å². The first-order chi connectivity index (χ1) is 12.8. The van der Waals surface area contributed by atoms with Gasteiger partial charge in [0.25, 0.3) is 11.1 Å². The number of rotatable bonds is 4. The van der Waals surface area contributed by atoms with Gasteiger partial charge in [-0.15, -0.1) is 0 Å². The zero-order chi connectivity index (χ0) is 19.7. The molecular weight excluding hydrogens is 356 g/mol. The summed E-state index contributed by atoms with van der Waals surface area (Å²) in [5.74, 6) is -0.237. The number of carbonyl (C=O) groups is 2. The maximum absolute atomic E-state index is 12.1. The lowest BCUT2D eigenvalue weighted by Gasteiger charge is -2.13. The zero-order valence-electron chi connectivity index (χ0n) is 16.3. The first-order valence-corrected chi connectivity index (χ1v) is 9.77. The molecule has 0 unspecified atom stereocenters. The van der Waals surface area contributed by atoms with Gasteiger partial charge >= 0.3 is 0 Å². The molecule has 3 rings (SSSR count). The smallest absolute Gasteiger partial charge is 0.293 e. The Morgan fingerprint density at radius 3 is 2.26 bits per heavy atom. The average molecular weight is 381 g/mol. The van der Waals surface area contributed by atoms with E-state index in [0.29, 0.717) is 10.9 Å². The van der Waals surface area contributed by atoms with Crippen molar-refractivity contribution in [2.75, 3.05) is 12.4 Å². The second kappa shape index (κ2) is 7.61.